The normalized spacial score (nSPS) is 12.2. The van der Waals surface area contributed by atoms with Crippen LogP contribution in [-0.2, 0) is 26.2 Å². The summed E-state index contributed by atoms with van der Waals surface area (Å²) in [6, 6.07) is 111. The van der Waals surface area contributed by atoms with Crippen LogP contribution in [0.2, 0.25) is 0 Å². The number of benzene rings is 13. The fourth-order valence-electron chi connectivity index (χ4n) is 17.0. The van der Waals surface area contributed by atoms with Gasteiger partial charge in [0.25, 0.3) is 0 Å². The topological polar surface area (TPSA) is 102 Å². The number of thiocarbonyl (C=S) groups is 3. The monoisotopic (exact) mass is 2020 g/mol. The van der Waals surface area contributed by atoms with Gasteiger partial charge in [-0.3, -0.25) is 28.9 Å². The first-order valence-corrected chi connectivity index (χ1v) is 53.0. The molecule has 0 saturated heterocycles. The standard InChI is InChI=1S/C29H30O3.C25H26OS2.C23H33NO.C19H31NO2.C17H18S2.C15H16S2/c1-19(30)22-7-13-25(14-8-22)29(28(4,5)6,26-15-9-23(10-16-26)20(2)31)27-17-11-24(12-18-27)21(3)32;1-25(2,3)28-23(27)17-18-26-24-21(19-11-6-4-7-12-19)15-10-16-22(24)20-13-8-5-9-14-20;1-21(2,3)24(25-22(4,5)6)23(7,8)20-16-14-19(15-17-20)18-12-10-9-11-13-18;1-14(21)15-10-12-16(13-11-15)19(8,9)20(17(2,3)4)22-18(5,6)7;1-17(2,3)19-16(18)15-11-9-14(10-12-15)13-7-5-4-6-8-13;1-15(2,3)17-14(16)13-10-6-8-11-7-4-5-9-12(11)13/h7-18H,1-6H3;4-16H,17-18H2,1-3H3;9-17H,1-8H3;10-13H,1-9H3;4-12H,1-3H3;4-10H,1-3H3. The van der Waals surface area contributed by atoms with Gasteiger partial charge in [0.05, 0.1) is 41.5 Å². The zero-order valence-corrected chi connectivity index (χ0v) is 95.7. The summed E-state index contributed by atoms with van der Waals surface area (Å²) in [5.41, 5.74) is 17.8. The van der Waals surface area contributed by atoms with Crippen molar-refractivity contribution in [1.82, 2.24) is 10.1 Å². The number of Topliss-reactive ketones (excluding diaryl/α,β-unsaturated/α-hetero) is 4. The van der Waals surface area contributed by atoms with E-state index in [0.29, 0.717) is 23.3 Å². The molecule has 0 spiro atoms. The highest BCUT2D eigenvalue weighted by atomic mass is 32.2. The van der Waals surface area contributed by atoms with Gasteiger partial charge in [-0.05, 0) is 221 Å². The van der Waals surface area contributed by atoms with Crippen molar-refractivity contribution in [2.24, 2.45) is 5.41 Å². The molecule has 13 rings (SSSR count). The van der Waals surface area contributed by atoms with Gasteiger partial charge >= 0.3 is 0 Å². The minimum Gasteiger partial charge on any atom is -0.492 e. The summed E-state index contributed by atoms with van der Waals surface area (Å²) in [4.78, 5) is 59.7. The van der Waals surface area contributed by atoms with E-state index < -0.39 is 5.41 Å². The molecule has 15 heteroatoms. The zero-order chi connectivity index (χ0) is 106. The smallest absolute Gasteiger partial charge is 0.159 e. The van der Waals surface area contributed by atoms with Crippen LogP contribution in [0.4, 0.5) is 0 Å². The second-order valence-corrected chi connectivity index (χ2v) is 52.7. The van der Waals surface area contributed by atoms with E-state index in [1.807, 2.05) is 121 Å². The Kier molecular flexibility index (Phi) is 41.8. The molecule has 0 aliphatic carbocycles. The number of para-hydroxylation sites is 1. The zero-order valence-electron chi connectivity index (χ0n) is 90.8. The maximum Gasteiger partial charge on any atom is 0.159 e. The summed E-state index contributed by atoms with van der Waals surface area (Å²) in [6.07, 6.45) is 0.759. The van der Waals surface area contributed by atoms with Gasteiger partial charge < -0.3 is 4.74 Å². The van der Waals surface area contributed by atoms with Crippen molar-refractivity contribution in [2.75, 3.05) is 6.61 Å². The molecule has 0 unspecified atom stereocenters. The molecule has 13 aromatic carbocycles. The summed E-state index contributed by atoms with van der Waals surface area (Å²) < 4.78 is 9.75. The van der Waals surface area contributed by atoms with Crippen LogP contribution in [-0.4, -0.2) is 89.0 Å². The Morgan fingerprint density at radius 1 is 0.280 bits per heavy atom. The molecule has 0 heterocycles. The van der Waals surface area contributed by atoms with E-state index in [1.165, 1.54) is 44.2 Å². The van der Waals surface area contributed by atoms with Crippen molar-refractivity contribution in [3.63, 3.8) is 0 Å². The Bertz CT molecular complexity index is 6140. The molecule has 754 valence electrons. The van der Waals surface area contributed by atoms with Gasteiger partial charge in [-0.25, -0.2) is 0 Å². The number of rotatable bonds is 23. The lowest BCUT2D eigenvalue weighted by Gasteiger charge is -2.48. The Hall–Kier alpha value is -10.2. The number of thioether (sulfide) groups is 3. The maximum absolute atomic E-state index is 11.9. The lowest BCUT2D eigenvalue weighted by Crippen LogP contribution is -2.54. The van der Waals surface area contributed by atoms with Gasteiger partial charge in [0.15, 0.2) is 23.1 Å². The number of ether oxygens (including phenoxy) is 1. The number of hydrogen-bond donors (Lipinski definition) is 0. The van der Waals surface area contributed by atoms with E-state index in [4.69, 9.17) is 51.1 Å². The predicted molar refractivity (Wildman–Crippen MR) is 629 cm³/mol. The Morgan fingerprint density at radius 2 is 0.552 bits per heavy atom. The molecular formula is C128H154N2O7S6. The number of hydroxylamine groups is 4. The highest BCUT2D eigenvalue weighted by Crippen LogP contribution is 2.53. The lowest BCUT2D eigenvalue weighted by molar-refractivity contribution is -0.313. The number of nitrogens with zero attached hydrogens (tertiary/aromatic N) is 2. The number of carbonyl (C=O) groups excluding carboxylic acids is 4. The Labute approximate surface area is 887 Å². The molecule has 0 amide bonds. The van der Waals surface area contributed by atoms with Crippen LogP contribution in [0.5, 0.6) is 5.75 Å². The number of fused-ring (bicyclic) bond motifs is 1. The third-order valence-corrected chi connectivity index (χ3v) is 27.7. The summed E-state index contributed by atoms with van der Waals surface area (Å²) in [7, 11) is 0. The van der Waals surface area contributed by atoms with Crippen LogP contribution in [0.25, 0.3) is 55.3 Å². The van der Waals surface area contributed by atoms with E-state index in [9.17, 15) is 19.2 Å². The maximum atomic E-state index is 11.9. The average molecular weight is 2030 g/mol. The quantitative estimate of drug-likeness (QED) is 0.0263. The summed E-state index contributed by atoms with van der Waals surface area (Å²) in [5.74, 6) is 1.07. The van der Waals surface area contributed by atoms with Crippen molar-refractivity contribution in [3.8, 4) is 50.3 Å². The highest BCUT2D eigenvalue weighted by molar-refractivity contribution is 8.25. The third-order valence-electron chi connectivity index (χ3n) is 23.2. The van der Waals surface area contributed by atoms with Crippen molar-refractivity contribution < 1.29 is 33.6 Å². The van der Waals surface area contributed by atoms with Crippen molar-refractivity contribution in [2.45, 2.75) is 281 Å². The summed E-state index contributed by atoms with van der Waals surface area (Å²) >= 11 is 21.8. The molecule has 13 aromatic rings. The first-order chi connectivity index (χ1) is 66.5. The van der Waals surface area contributed by atoms with Crippen LogP contribution in [0, 0.1) is 5.41 Å². The number of hydrogen-bond acceptors (Lipinski definition) is 15. The molecular weight excluding hydrogens is 1870 g/mol. The molecule has 143 heavy (non-hydrogen) atoms. The highest BCUT2D eigenvalue weighted by Gasteiger charge is 2.47. The van der Waals surface area contributed by atoms with Gasteiger partial charge in [0.1, 0.15) is 5.75 Å². The van der Waals surface area contributed by atoms with E-state index in [0.717, 1.165) is 80.4 Å². The summed E-state index contributed by atoms with van der Waals surface area (Å²) in [6.45, 7) is 67.3. The number of carbonyl (C=O) groups is 4. The van der Waals surface area contributed by atoms with Crippen LogP contribution in [0.1, 0.15) is 308 Å². The molecule has 0 fully saturated rings. The first-order valence-electron chi connectivity index (χ1n) is 49.3. The minimum atomic E-state index is -0.576. The molecule has 9 nitrogen and oxygen atoms in total. The molecule has 0 aliphatic rings. The molecule has 0 radical (unpaired) electrons. The van der Waals surface area contributed by atoms with Gasteiger partial charge in [-0.1, -0.05) is 447 Å². The fourth-order valence-corrected chi connectivity index (χ4v) is 22.1. The first kappa shape index (κ1) is 118. The molecule has 0 bridgehead atoms. The van der Waals surface area contributed by atoms with Crippen LogP contribution in [0.15, 0.2) is 328 Å². The number of ketones is 4. The van der Waals surface area contributed by atoms with Gasteiger partial charge in [0, 0.05) is 76.1 Å². The van der Waals surface area contributed by atoms with Gasteiger partial charge in [-0.15, -0.1) is 35.3 Å². The lowest BCUT2D eigenvalue weighted by atomic mass is 9.55. The van der Waals surface area contributed by atoms with E-state index >= 15 is 0 Å². The molecule has 0 N–H and O–H groups in total. The minimum absolute atomic E-state index is 0.0227. The molecule has 0 aromatic heterocycles. The van der Waals surface area contributed by atoms with E-state index in [-0.39, 0.29) is 76.1 Å². The SMILES string of the molecule is CC(=O)c1ccc(C(C)(C)N(OC(C)(C)C)C(C)(C)C)cc1.CC(=O)c1ccc(C(c2ccc(C(C)=O)cc2)(c2ccc(C(C)=O)cc2)C(C)(C)C)cc1.CC(C)(C)ON(C(C)(C)C)C(C)(C)c1ccc(-c2ccccc2)cc1.CC(C)(C)SC(=S)CCOc1c(-c2ccccc2)cccc1-c1ccccc1.CC(C)(C)SC(=S)c1ccc(-c2ccccc2)cc1.CC(C)(C)SC(=S)c1cccc2ccccc12. The van der Waals surface area contributed by atoms with Crippen LogP contribution in [0.3, 0.4) is 0 Å². The molecule has 0 aliphatic heterocycles. The second kappa shape index (κ2) is 50.7. The van der Waals surface area contributed by atoms with E-state index in [1.54, 1.807) is 63.0 Å². The third kappa shape index (κ3) is 35.3. The molecule has 0 atom stereocenters. The Morgan fingerprint density at radius 3 is 0.867 bits per heavy atom. The molecule has 0 saturated carbocycles. The average Bonchev–Trinajstić information content (AvgIpc) is 0.720. The van der Waals surface area contributed by atoms with Crippen LogP contribution >= 0.6 is 71.9 Å². The van der Waals surface area contributed by atoms with Crippen LogP contribution < -0.4 is 4.74 Å². The predicted octanol–water partition coefficient (Wildman–Crippen LogP) is 36.3. The van der Waals surface area contributed by atoms with Crippen molar-refractivity contribution >= 4 is 118 Å². The van der Waals surface area contributed by atoms with Crippen molar-refractivity contribution in [1.29, 1.82) is 0 Å². The second-order valence-electron chi connectivity index (χ2n) is 45.0. The van der Waals surface area contributed by atoms with E-state index in [2.05, 4.69) is 410 Å². The Balaban J connectivity index is 0.000000212. The summed E-state index contributed by atoms with van der Waals surface area (Å²) in [5, 5.41) is 6.69. The van der Waals surface area contributed by atoms with Gasteiger partial charge in [0.2, 0.25) is 0 Å². The van der Waals surface area contributed by atoms with Gasteiger partial charge in [-0.2, -0.15) is 10.1 Å². The largest absolute Gasteiger partial charge is 0.492 e. The fraction of sp³-hybridized carbons (Fsp3) is 0.352. The van der Waals surface area contributed by atoms with Crippen molar-refractivity contribution in [3.05, 3.63) is 389 Å².